The van der Waals surface area contributed by atoms with Crippen molar-refractivity contribution in [3.63, 3.8) is 0 Å². The maximum Gasteiger partial charge on any atom is 0.222 e. The number of anilines is 1. The van der Waals surface area contributed by atoms with Gasteiger partial charge in [0.1, 0.15) is 0 Å². The molecule has 0 spiro atoms. The molecule has 3 N–H and O–H groups in total. The van der Waals surface area contributed by atoms with Crippen LogP contribution in [-0.4, -0.2) is 43.5 Å². The smallest absolute Gasteiger partial charge is 0.222 e. The highest BCUT2D eigenvalue weighted by atomic mass is 16.5. The number of ether oxygens (including phenoxy) is 1. The standard InChI is InChI=1S/C16H24N4O2/c1-22-12-13-6-2-3-7-14(13)19-16(17)18-9-5-11-20-10-4-8-15(20)21/h2-3,6-7H,4-5,8-12H2,1H3,(H3,17,18,19). The monoisotopic (exact) mass is 304 g/mol. The molecule has 0 atom stereocenters. The third-order valence-electron chi connectivity index (χ3n) is 3.62. The molecule has 2 rings (SSSR count). The summed E-state index contributed by atoms with van der Waals surface area (Å²) in [6, 6.07) is 7.82. The predicted molar refractivity (Wildman–Crippen MR) is 87.7 cm³/mol. The van der Waals surface area contributed by atoms with E-state index in [-0.39, 0.29) is 5.91 Å². The second kappa shape index (κ2) is 8.38. The van der Waals surface area contributed by atoms with E-state index in [0.29, 0.717) is 25.5 Å². The van der Waals surface area contributed by atoms with Gasteiger partial charge in [0.15, 0.2) is 5.96 Å². The van der Waals surface area contributed by atoms with Crippen LogP contribution in [0.25, 0.3) is 0 Å². The SMILES string of the molecule is COCc1ccccc1NC(N)=NCCCN1CCCC1=O. The summed E-state index contributed by atoms with van der Waals surface area (Å²) in [5.41, 5.74) is 7.85. The molecule has 0 unspecified atom stereocenters. The van der Waals surface area contributed by atoms with Crippen LogP contribution in [0.5, 0.6) is 0 Å². The van der Waals surface area contributed by atoms with Crippen LogP contribution in [-0.2, 0) is 16.1 Å². The summed E-state index contributed by atoms with van der Waals surface area (Å²) in [5.74, 6) is 0.639. The van der Waals surface area contributed by atoms with Crippen LogP contribution in [0.1, 0.15) is 24.8 Å². The van der Waals surface area contributed by atoms with E-state index in [1.165, 1.54) is 0 Å². The van der Waals surface area contributed by atoms with Gasteiger partial charge in [0.25, 0.3) is 0 Å². The molecule has 1 saturated heterocycles. The number of amides is 1. The molecule has 0 aromatic heterocycles. The minimum absolute atomic E-state index is 0.253. The van der Waals surface area contributed by atoms with Crippen molar-refractivity contribution >= 4 is 17.6 Å². The Morgan fingerprint density at radius 3 is 3.00 bits per heavy atom. The molecular formula is C16H24N4O2. The second-order valence-electron chi connectivity index (χ2n) is 5.32. The molecule has 0 aliphatic carbocycles. The first-order valence-electron chi connectivity index (χ1n) is 7.62. The number of methoxy groups -OCH3 is 1. The summed E-state index contributed by atoms with van der Waals surface area (Å²) in [5, 5.41) is 3.10. The number of para-hydroxylation sites is 1. The minimum atomic E-state index is 0.253. The fourth-order valence-corrected chi connectivity index (χ4v) is 2.50. The first kappa shape index (κ1) is 16.3. The lowest BCUT2D eigenvalue weighted by Gasteiger charge is -2.14. The molecule has 6 nitrogen and oxygen atoms in total. The Balaban J connectivity index is 1.79. The number of likely N-dealkylation sites (tertiary alicyclic amines) is 1. The molecule has 0 saturated carbocycles. The summed E-state index contributed by atoms with van der Waals surface area (Å²) in [7, 11) is 1.66. The highest BCUT2D eigenvalue weighted by molar-refractivity contribution is 5.92. The lowest BCUT2D eigenvalue weighted by atomic mass is 10.2. The lowest BCUT2D eigenvalue weighted by molar-refractivity contribution is -0.127. The number of hydrogen-bond donors (Lipinski definition) is 2. The minimum Gasteiger partial charge on any atom is -0.380 e. The molecule has 0 bridgehead atoms. The molecule has 1 heterocycles. The number of guanidine groups is 1. The molecule has 0 radical (unpaired) electrons. The van der Waals surface area contributed by atoms with Crippen LogP contribution < -0.4 is 11.1 Å². The van der Waals surface area contributed by atoms with E-state index in [1.54, 1.807) is 7.11 Å². The summed E-state index contributed by atoms with van der Waals surface area (Å²) in [6.45, 7) is 2.76. The van der Waals surface area contributed by atoms with Gasteiger partial charge in [-0.25, -0.2) is 0 Å². The Kier molecular flexibility index (Phi) is 6.21. The molecule has 22 heavy (non-hydrogen) atoms. The first-order chi connectivity index (χ1) is 10.7. The van der Waals surface area contributed by atoms with E-state index in [2.05, 4.69) is 10.3 Å². The van der Waals surface area contributed by atoms with Gasteiger partial charge in [-0.3, -0.25) is 9.79 Å². The molecule has 1 fully saturated rings. The lowest BCUT2D eigenvalue weighted by Crippen LogP contribution is -2.27. The Morgan fingerprint density at radius 1 is 1.45 bits per heavy atom. The Labute approximate surface area is 131 Å². The number of aliphatic imine (C=N–C) groups is 1. The normalized spacial score (nSPS) is 15.4. The third kappa shape index (κ3) is 4.73. The van der Waals surface area contributed by atoms with Crippen LogP contribution >= 0.6 is 0 Å². The van der Waals surface area contributed by atoms with Crippen LogP contribution in [0.4, 0.5) is 5.69 Å². The number of rotatable bonds is 7. The second-order valence-corrected chi connectivity index (χ2v) is 5.32. The Morgan fingerprint density at radius 2 is 2.27 bits per heavy atom. The molecule has 1 aliphatic heterocycles. The van der Waals surface area contributed by atoms with Gasteiger partial charge in [-0.1, -0.05) is 18.2 Å². The number of carbonyl (C=O) groups excluding carboxylic acids is 1. The van der Waals surface area contributed by atoms with E-state index in [1.807, 2.05) is 29.2 Å². The van der Waals surface area contributed by atoms with Crippen molar-refractivity contribution in [2.45, 2.75) is 25.9 Å². The van der Waals surface area contributed by atoms with Crippen LogP contribution in [0.3, 0.4) is 0 Å². The van der Waals surface area contributed by atoms with Crippen molar-refractivity contribution < 1.29 is 9.53 Å². The van der Waals surface area contributed by atoms with E-state index in [0.717, 1.165) is 37.2 Å². The molecule has 6 heteroatoms. The zero-order chi connectivity index (χ0) is 15.8. The molecule has 120 valence electrons. The van der Waals surface area contributed by atoms with Crippen molar-refractivity contribution in [1.29, 1.82) is 0 Å². The van der Waals surface area contributed by atoms with Crippen LogP contribution in [0.15, 0.2) is 29.3 Å². The van der Waals surface area contributed by atoms with E-state index < -0.39 is 0 Å². The van der Waals surface area contributed by atoms with Gasteiger partial charge in [-0.15, -0.1) is 0 Å². The van der Waals surface area contributed by atoms with Gasteiger partial charge in [-0.05, 0) is 18.9 Å². The van der Waals surface area contributed by atoms with Crippen molar-refractivity contribution in [2.24, 2.45) is 10.7 Å². The maximum atomic E-state index is 11.5. The van der Waals surface area contributed by atoms with Gasteiger partial charge in [0, 0.05) is 44.4 Å². The average molecular weight is 304 g/mol. The zero-order valence-corrected chi connectivity index (χ0v) is 13.0. The summed E-state index contributed by atoms with van der Waals surface area (Å²) >= 11 is 0. The number of nitrogens with zero attached hydrogens (tertiary/aromatic N) is 2. The fraction of sp³-hybridized carbons (Fsp3) is 0.500. The van der Waals surface area contributed by atoms with Crippen molar-refractivity contribution in [3.8, 4) is 0 Å². The van der Waals surface area contributed by atoms with Crippen molar-refractivity contribution in [3.05, 3.63) is 29.8 Å². The average Bonchev–Trinajstić information content (AvgIpc) is 2.91. The van der Waals surface area contributed by atoms with E-state index in [9.17, 15) is 4.79 Å². The van der Waals surface area contributed by atoms with Crippen LogP contribution in [0.2, 0.25) is 0 Å². The number of carbonyl (C=O) groups is 1. The molecule has 1 aromatic rings. The largest absolute Gasteiger partial charge is 0.380 e. The Bertz CT molecular complexity index is 531. The molecule has 1 aliphatic rings. The molecule has 1 aromatic carbocycles. The Hall–Kier alpha value is -2.08. The highest BCUT2D eigenvalue weighted by Crippen LogP contribution is 2.15. The van der Waals surface area contributed by atoms with E-state index in [4.69, 9.17) is 10.5 Å². The quantitative estimate of drug-likeness (QED) is 0.455. The van der Waals surface area contributed by atoms with Crippen molar-refractivity contribution in [2.75, 3.05) is 32.1 Å². The summed E-state index contributed by atoms with van der Waals surface area (Å²) < 4.78 is 5.16. The maximum absolute atomic E-state index is 11.5. The van der Waals surface area contributed by atoms with Gasteiger partial charge in [0.05, 0.1) is 6.61 Å². The topological polar surface area (TPSA) is 80.0 Å². The summed E-state index contributed by atoms with van der Waals surface area (Å²) in [4.78, 5) is 17.7. The van der Waals surface area contributed by atoms with Crippen LogP contribution in [0, 0.1) is 0 Å². The number of nitrogens with one attached hydrogen (secondary N) is 1. The van der Waals surface area contributed by atoms with Crippen molar-refractivity contribution in [1.82, 2.24) is 4.90 Å². The third-order valence-corrected chi connectivity index (χ3v) is 3.62. The zero-order valence-electron chi connectivity index (χ0n) is 13.0. The highest BCUT2D eigenvalue weighted by Gasteiger charge is 2.18. The predicted octanol–water partition coefficient (Wildman–Crippen LogP) is 1.57. The number of hydrogen-bond acceptors (Lipinski definition) is 3. The van der Waals surface area contributed by atoms with Gasteiger partial charge in [0.2, 0.25) is 5.91 Å². The van der Waals surface area contributed by atoms with Gasteiger partial charge < -0.3 is 20.7 Å². The summed E-state index contributed by atoms with van der Waals surface area (Å²) in [6.07, 6.45) is 2.49. The first-order valence-corrected chi connectivity index (χ1v) is 7.62. The number of benzene rings is 1. The van der Waals surface area contributed by atoms with Gasteiger partial charge >= 0.3 is 0 Å². The fourth-order valence-electron chi connectivity index (χ4n) is 2.50. The number of nitrogens with two attached hydrogens (primary N) is 1. The molecule has 1 amide bonds. The molecular weight excluding hydrogens is 280 g/mol. The van der Waals surface area contributed by atoms with E-state index >= 15 is 0 Å². The van der Waals surface area contributed by atoms with Gasteiger partial charge in [-0.2, -0.15) is 0 Å².